The van der Waals surface area contributed by atoms with Gasteiger partial charge in [0.15, 0.2) is 0 Å². The summed E-state index contributed by atoms with van der Waals surface area (Å²) < 4.78 is 6.28. The van der Waals surface area contributed by atoms with Crippen LogP contribution < -0.4 is 0 Å². The van der Waals surface area contributed by atoms with Crippen LogP contribution in [0.2, 0.25) is 0 Å². The van der Waals surface area contributed by atoms with Gasteiger partial charge in [-0.3, -0.25) is 4.79 Å². The Kier molecular flexibility index (Phi) is 5.60. The quantitative estimate of drug-likeness (QED) is 0.874. The molecule has 6 nitrogen and oxygen atoms in total. The van der Waals surface area contributed by atoms with Crippen molar-refractivity contribution in [2.24, 2.45) is 0 Å². The number of urea groups is 1. The molecular formula is C13H17BrN2O4S. The molecule has 0 spiro atoms. The Bertz CT molecular complexity index is 522. The summed E-state index contributed by atoms with van der Waals surface area (Å²) in [5.41, 5.74) is 0. The first-order chi connectivity index (χ1) is 9.97. The number of carboxylic acid groups (broad SMARTS) is 1. The van der Waals surface area contributed by atoms with Crippen molar-refractivity contribution < 1.29 is 19.4 Å². The molecule has 1 aromatic heterocycles. The van der Waals surface area contributed by atoms with Gasteiger partial charge in [0.05, 0.1) is 32.2 Å². The maximum atomic E-state index is 12.5. The van der Waals surface area contributed by atoms with Gasteiger partial charge in [-0.2, -0.15) is 0 Å². The first-order valence-corrected chi connectivity index (χ1v) is 8.19. The van der Waals surface area contributed by atoms with Gasteiger partial charge >= 0.3 is 12.0 Å². The number of morpholine rings is 1. The van der Waals surface area contributed by atoms with Crippen molar-refractivity contribution in [3.63, 3.8) is 0 Å². The fourth-order valence-corrected chi connectivity index (χ4v) is 3.74. The van der Waals surface area contributed by atoms with E-state index in [1.165, 1.54) is 0 Å². The predicted octanol–water partition coefficient (Wildman–Crippen LogP) is 2.24. The third-order valence-electron chi connectivity index (χ3n) is 3.22. The number of thiophene rings is 1. The number of aliphatic carboxylic acids is 1. The van der Waals surface area contributed by atoms with Crippen molar-refractivity contribution in [1.82, 2.24) is 9.80 Å². The summed E-state index contributed by atoms with van der Waals surface area (Å²) in [7, 11) is 1.73. The molecule has 0 bridgehead atoms. The van der Waals surface area contributed by atoms with E-state index < -0.39 is 12.0 Å². The molecule has 1 N–H and O–H groups in total. The largest absolute Gasteiger partial charge is 0.481 e. The summed E-state index contributed by atoms with van der Waals surface area (Å²) in [4.78, 5) is 27.7. The second-order valence-electron chi connectivity index (χ2n) is 4.89. The molecule has 1 atom stereocenters. The van der Waals surface area contributed by atoms with E-state index in [-0.39, 0.29) is 19.1 Å². The third-order valence-corrected chi connectivity index (χ3v) is 4.91. The summed E-state index contributed by atoms with van der Waals surface area (Å²) >= 11 is 4.96. The zero-order valence-corrected chi connectivity index (χ0v) is 14.0. The molecule has 21 heavy (non-hydrogen) atoms. The Morgan fingerprint density at radius 1 is 1.62 bits per heavy atom. The normalized spacial score (nSPS) is 18.6. The van der Waals surface area contributed by atoms with Crippen molar-refractivity contribution in [3.8, 4) is 0 Å². The standard InChI is InChI=1S/C13H17BrN2O4S/c1-15(6-11-4-9(14)8-21-11)13(19)16-2-3-20-7-10(16)5-12(17)18/h4,8,10H,2-3,5-7H2,1H3,(H,17,18). The first kappa shape index (κ1) is 16.3. The molecule has 0 radical (unpaired) electrons. The van der Waals surface area contributed by atoms with E-state index in [1.54, 1.807) is 28.2 Å². The molecule has 1 unspecified atom stereocenters. The van der Waals surface area contributed by atoms with Gasteiger partial charge < -0.3 is 19.6 Å². The number of amides is 2. The molecule has 1 fully saturated rings. The Labute approximate surface area is 135 Å². The van der Waals surface area contributed by atoms with E-state index in [2.05, 4.69) is 15.9 Å². The van der Waals surface area contributed by atoms with Crippen molar-refractivity contribution in [2.75, 3.05) is 26.8 Å². The Morgan fingerprint density at radius 3 is 3.00 bits per heavy atom. The van der Waals surface area contributed by atoms with Gasteiger partial charge in [0.1, 0.15) is 0 Å². The van der Waals surface area contributed by atoms with Gasteiger partial charge in [-0.15, -0.1) is 11.3 Å². The van der Waals surface area contributed by atoms with Crippen LogP contribution in [-0.4, -0.2) is 59.8 Å². The Morgan fingerprint density at radius 2 is 2.38 bits per heavy atom. The molecule has 8 heteroatoms. The first-order valence-electron chi connectivity index (χ1n) is 6.51. The average molecular weight is 377 g/mol. The summed E-state index contributed by atoms with van der Waals surface area (Å²) in [6.07, 6.45) is -0.0931. The minimum atomic E-state index is -0.923. The average Bonchev–Trinajstić information content (AvgIpc) is 2.83. The smallest absolute Gasteiger partial charge is 0.320 e. The van der Waals surface area contributed by atoms with E-state index >= 15 is 0 Å². The molecule has 2 amide bonds. The van der Waals surface area contributed by atoms with Gasteiger partial charge in [-0.1, -0.05) is 0 Å². The molecule has 2 heterocycles. The molecular weight excluding hydrogens is 360 g/mol. The monoisotopic (exact) mass is 376 g/mol. The lowest BCUT2D eigenvalue weighted by Gasteiger charge is -2.37. The lowest BCUT2D eigenvalue weighted by Crippen LogP contribution is -2.53. The second-order valence-corrected chi connectivity index (χ2v) is 6.80. The van der Waals surface area contributed by atoms with Crippen LogP contribution in [-0.2, 0) is 16.1 Å². The minimum absolute atomic E-state index is 0.0931. The van der Waals surface area contributed by atoms with Crippen LogP contribution in [0, 0.1) is 0 Å². The number of rotatable bonds is 4. The zero-order valence-electron chi connectivity index (χ0n) is 11.6. The maximum Gasteiger partial charge on any atom is 0.320 e. The van der Waals surface area contributed by atoms with Crippen LogP contribution in [0.25, 0.3) is 0 Å². The number of carboxylic acids is 1. The topological polar surface area (TPSA) is 70.1 Å². The van der Waals surface area contributed by atoms with Crippen LogP contribution in [0.5, 0.6) is 0 Å². The lowest BCUT2D eigenvalue weighted by molar-refractivity contribution is -0.139. The fraction of sp³-hybridized carbons (Fsp3) is 0.538. The molecule has 2 rings (SSSR count). The Balaban J connectivity index is 2.00. The van der Waals surface area contributed by atoms with Crippen molar-refractivity contribution in [2.45, 2.75) is 19.0 Å². The van der Waals surface area contributed by atoms with Gasteiger partial charge in [-0.05, 0) is 22.0 Å². The van der Waals surface area contributed by atoms with Gasteiger partial charge in [0, 0.05) is 28.3 Å². The van der Waals surface area contributed by atoms with Gasteiger partial charge in [0.2, 0.25) is 0 Å². The summed E-state index contributed by atoms with van der Waals surface area (Å²) in [6.45, 7) is 1.65. The number of ether oxygens (including phenoxy) is 1. The maximum absolute atomic E-state index is 12.5. The van der Waals surface area contributed by atoms with Crippen LogP contribution in [0.1, 0.15) is 11.3 Å². The van der Waals surface area contributed by atoms with Crippen molar-refractivity contribution in [3.05, 3.63) is 20.8 Å². The summed E-state index contributed by atoms with van der Waals surface area (Å²) in [5, 5.41) is 10.9. The summed E-state index contributed by atoms with van der Waals surface area (Å²) in [6, 6.07) is 1.41. The summed E-state index contributed by atoms with van der Waals surface area (Å²) in [5.74, 6) is -0.923. The molecule has 0 saturated carbocycles. The number of halogens is 1. The van der Waals surface area contributed by atoms with E-state index in [9.17, 15) is 9.59 Å². The molecule has 1 aliphatic rings. The highest BCUT2D eigenvalue weighted by molar-refractivity contribution is 9.10. The van der Waals surface area contributed by atoms with E-state index in [4.69, 9.17) is 9.84 Å². The number of hydrogen-bond acceptors (Lipinski definition) is 4. The molecule has 1 saturated heterocycles. The van der Waals surface area contributed by atoms with E-state index in [0.717, 1.165) is 9.35 Å². The molecule has 116 valence electrons. The van der Waals surface area contributed by atoms with Crippen molar-refractivity contribution in [1.29, 1.82) is 0 Å². The number of nitrogens with zero attached hydrogens (tertiary/aromatic N) is 2. The van der Waals surface area contributed by atoms with Crippen molar-refractivity contribution >= 4 is 39.3 Å². The van der Waals surface area contributed by atoms with Gasteiger partial charge in [-0.25, -0.2) is 4.79 Å². The number of hydrogen-bond donors (Lipinski definition) is 1. The SMILES string of the molecule is CN(Cc1cc(Br)cs1)C(=O)N1CCOCC1CC(=O)O. The van der Waals surface area contributed by atoms with Crippen LogP contribution in [0.15, 0.2) is 15.9 Å². The van der Waals surface area contributed by atoms with E-state index in [0.29, 0.717) is 19.7 Å². The third kappa shape index (κ3) is 4.42. The highest BCUT2D eigenvalue weighted by Crippen LogP contribution is 2.22. The minimum Gasteiger partial charge on any atom is -0.481 e. The van der Waals surface area contributed by atoms with Crippen LogP contribution >= 0.6 is 27.3 Å². The predicted molar refractivity (Wildman–Crippen MR) is 82.4 cm³/mol. The molecule has 1 aliphatic heterocycles. The molecule has 0 aliphatic carbocycles. The number of carbonyl (C=O) groups is 2. The lowest BCUT2D eigenvalue weighted by atomic mass is 10.1. The van der Waals surface area contributed by atoms with Crippen LogP contribution in [0.3, 0.4) is 0 Å². The number of carbonyl (C=O) groups excluding carboxylic acids is 1. The van der Waals surface area contributed by atoms with E-state index in [1.807, 2.05) is 11.4 Å². The Hall–Kier alpha value is -1.12. The highest BCUT2D eigenvalue weighted by Gasteiger charge is 2.30. The van der Waals surface area contributed by atoms with Gasteiger partial charge in [0.25, 0.3) is 0 Å². The van der Waals surface area contributed by atoms with Crippen LogP contribution in [0.4, 0.5) is 4.79 Å². The highest BCUT2D eigenvalue weighted by atomic mass is 79.9. The second kappa shape index (κ2) is 7.24. The molecule has 0 aromatic carbocycles. The fourth-order valence-electron chi connectivity index (χ4n) is 2.23. The zero-order chi connectivity index (χ0) is 15.4. The molecule has 1 aromatic rings.